The van der Waals surface area contributed by atoms with Crippen LogP contribution in [0.1, 0.15) is 11.1 Å². The quantitative estimate of drug-likeness (QED) is 0.786. The van der Waals surface area contributed by atoms with E-state index in [0.717, 1.165) is 11.5 Å². The number of nitrogens with zero attached hydrogens (tertiary/aromatic N) is 1. The van der Waals surface area contributed by atoms with E-state index in [0.29, 0.717) is 0 Å². The third-order valence-corrected chi connectivity index (χ3v) is 2.19. The largest absolute Gasteiger partial charge is 0.454 e. The van der Waals surface area contributed by atoms with Gasteiger partial charge in [0.25, 0.3) is 0 Å². The second kappa shape index (κ2) is 3.54. The summed E-state index contributed by atoms with van der Waals surface area (Å²) in [5, 5.41) is 6.51. The maximum Gasteiger partial charge on any atom is 0.165 e. The first kappa shape index (κ1) is 8.81. The smallest absolute Gasteiger partial charge is 0.165 e. The van der Waals surface area contributed by atoms with Crippen molar-refractivity contribution in [3.05, 3.63) is 41.7 Å². The number of rotatable bonds is 2. The van der Waals surface area contributed by atoms with Crippen LogP contribution in [0.25, 0.3) is 0 Å². The summed E-state index contributed by atoms with van der Waals surface area (Å²) in [7, 11) is 0. The van der Waals surface area contributed by atoms with Crippen LogP contribution in [-0.2, 0) is 0 Å². The van der Waals surface area contributed by atoms with Gasteiger partial charge in [-0.2, -0.15) is 5.10 Å². The number of hydrogen-bond donors (Lipinski definition) is 1. The Balaban J connectivity index is 2.22. The SMILES string of the molecule is Cc1ccc(Oc2cn[nH]c2)cc1C. The van der Waals surface area contributed by atoms with E-state index in [1.807, 2.05) is 18.2 Å². The van der Waals surface area contributed by atoms with Crippen molar-refractivity contribution in [2.75, 3.05) is 0 Å². The van der Waals surface area contributed by atoms with Crippen molar-refractivity contribution < 1.29 is 4.74 Å². The molecule has 14 heavy (non-hydrogen) atoms. The summed E-state index contributed by atoms with van der Waals surface area (Å²) >= 11 is 0. The zero-order chi connectivity index (χ0) is 9.97. The molecule has 1 N–H and O–H groups in total. The fourth-order valence-corrected chi connectivity index (χ4v) is 1.21. The molecule has 2 aromatic rings. The number of benzene rings is 1. The van der Waals surface area contributed by atoms with Gasteiger partial charge in [-0.25, -0.2) is 0 Å². The number of ether oxygens (including phenoxy) is 1. The van der Waals surface area contributed by atoms with Gasteiger partial charge >= 0.3 is 0 Å². The van der Waals surface area contributed by atoms with E-state index >= 15 is 0 Å². The van der Waals surface area contributed by atoms with Crippen molar-refractivity contribution in [3.8, 4) is 11.5 Å². The minimum atomic E-state index is 0.730. The highest BCUT2D eigenvalue weighted by Gasteiger charge is 1.99. The van der Waals surface area contributed by atoms with Gasteiger partial charge in [0.1, 0.15) is 5.75 Å². The normalized spacial score (nSPS) is 10.1. The third kappa shape index (κ3) is 1.76. The van der Waals surface area contributed by atoms with Crippen molar-refractivity contribution in [3.63, 3.8) is 0 Å². The lowest BCUT2D eigenvalue weighted by molar-refractivity contribution is 0.482. The van der Waals surface area contributed by atoms with Crippen molar-refractivity contribution in [1.29, 1.82) is 0 Å². The van der Waals surface area contributed by atoms with Crippen LogP contribution in [0.3, 0.4) is 0 Å². The Kier molecular flexibility index (Phi) is 2.23. The summed E-state index contributed by atoms with van der Waals surface area (Å²) < 4.78 is 5.56. The van der Waals surface area contributed by atoms with Gasteiger partial charge < -0.3 is 4.74 Å². The van der Waals surface area contributed by atoms with Crippen LogP contribution in [0.15, 0.2) is 30.6 Å². The number of H-pyrrole nitrogens is 1. The van der Waals surface area contributed by atoms with E-state index in [1.54, 1.807) is 12.4 Å². The van der Waals surface area contributed by atoms with E-state index in [4.69, 9.17) is 4.74 Å². The van der Waals surface area contributed by atoms with Crippen molar-refractivity contribution in [2.45, 2.75) is 13.8 Å². The van der Waals surface area contributed by atoms with Gasteiger partial charge in [-0.05, 0) is 37.1 Å². The average Bonchev–Trinajstić information content (AvgIpc) is 2.64. The fourth-order valence-electron chi connectivity index (χ4n) is 1.21. The van der Waals surface area contributed by atoms with Crippen LogP contribution in [0, 0.1) is 13.8 Å². The fraction of sp³-hybridized carbons (Fsp3) is 0.182. The Morgan fingerprint density at radius 3 is 2.64 bits per heavy atom. The lowest BCUT2D eigenvalue weighted by atomic mass is 10.1. The van der Waals surface area contributed by atoms with Gasteiger partial charge in [0, 0.05) is 0 Å². The van der Waals surface area contributed by atoms with E-state index in [1.165, 1.54) is 11.1 Å². The lowest BCUT2D eigenvalue weighted by Crippen LogP contribution is -1.85. The van der Waals surface area contributed by atoms with Crippen molar-refractivity contribution in [2.24, 2.45) is 0 Å². The van der Waals surface area contributed by atoms with Crippen molar-refractivity contribution >= 4 is 0 Å². The first-order valence-corrected chi connectivity index (χ1v) is 4.49. The minimum absolute atomic E-state index is 0.730. The summed E-state index contributed by atoms with van der Waals surface area (Å²) in [5.74, 6) is 1.57. The van der Waals surface area contributed by atoms with Gasteiger partial charge in [-0.3, -0.25) is 5.10 Å². The highest BCUT2D eigenvalue weighted by Crippen LogP contribution is 2.22. The predicted molar refractivity (Wildman–Crippen MR) is 54.6 cm³/mol. The highest BCUT2D eigenvalue weighted by atomic mass is 16.5. The Bertz CT molecular complexity index is 421. The number of aryl methyl sites for hydroxylation is 2. The molecular weight excluding hydrogens is 176 g/mol. The van der Waals surface area contributed by atoms with E-state index in [2.05, 4.69) is 24.0 Å². The summed E-state index contributed by atoms with van der Waals surface area (Å²) in [6.45, 7) is 4.15. The second-order valence-corrected chi connectivity index (χ2v) is 3.28. The molecule has 0 aliphatic carbocycles. The zero-order valence-corrected chi connectivity index (χ0v) is 8.24. The summed E-state index contributed by atoms with van der Waals surface area (Å²) in [5.41, 5.74) is 2.50. The van der Waals surface area contributed by atoms with Gasteiger partial charge in [-0.1, -0.05) is 6.07 Å². The molecule has 0 aliphatic heterocycles. The highest BCUT2D eigenvalue weighted by molar-refractivity contribution is 5.36. The van der Waals surface area contributed by atoms with Crippen LogP contribution in [0.4, 0.5) is 0 Å². The molecule has 0 bridgehead atoms. The van der Waals surface area contributed by atoms with Gasteiger partial charge in [0.15, 0.2) is 5.75 Å². The van der Waals surface area contributed by atoms with E-state index < -0.39 is 0 Å². The third-order valence-electron chi connectivity index (χ3n) is 2.19. The Morgan fingerprint density at radius 2 is 2.00 bits per heavy atom. The van der Waals surface area contributed by atoms with E-state index in [9.17, 15) is 0 Å². The number of aromatic amines is 1. The van der Waals surface area contributed by atoms with Gasteiger partial charge in [0.2, 0.25) is 0 Å². The molecule has 0 radical (unpaired) electrons. The molecule has 1 heterocycles. The Labute approximate surface area is 82.7 Å². The summed E-state index contributed by atoms with van der Waals surface area (Å²) in [6, 6.07) is 6.02. The van der Waals surface area contributed by atoms with Gasteiger partial charge in [0.05, 0.1) is 12.4 Å². The number of aromatic nitrogens is 2. The maximum absolute atomic E-state index is 5.56. The molecule has 0 saturated heterocycles. The van der Waals surface area contributed by atoms with Crippen LogP contribution < -0.4 is 4.74 Å². The molecule has 72 valence electrons. The average molecular weight is 188 g/mol. The maximum atomic E-state index is 5.56. The molecule has 3 heteroatoms. The Morgan fingerprint density at radius 1 is 1.14 bits per heavy atom. The standard InChI is InChI=1S/C11H12N2O/c1-8-3-4-10(5-9(8)2)14-11-6-12-13-7-11/h3-7H,1-2H3,(H,12,13). The van der Waals surface area contributed by atoms with Crippen LogP contribution in [-0.4, -0.2) is 10.2 Å². The first-order valence-electron chi connectivity index (χ1n) is 4.49. The molecule has 2 rings (SSSR count). The molecule has 0 saturated carbocycles. The minimum Gasteiger partial charge on any atom is -0.454 e. The predicted octanol–water partition coefficient (Wildman–Crippen LogP) is 2.82. The summed E-state index contributed by atoms with van der Waals surface area (Å²) in [6.07, 6.45) is 3.37. The Hall–Kier alpha value is -1.77. The van der Waals surface area contributed by atoms with Crippen LogP contribution >= 0.6 is 0 Å². The van der Waals surface area contributed by atoms with Crippen LogP contribution in [0.5, 0.6) is 11.5 Å². The lowest BCUT2D eigenvalue weighted by Gasteiger charge is -2.05. The molecule has 1 aromatic carbocycles. The zero-order valence-electron chi connectivity index (χ0n) is 8.24. The molecule has 0 aliphatic rings. The molecule has 0 amide bonds. The number of hydrogen-bond acceptors (Lipinski definition) is 2. The monoisotopic (exact) mass is 188 g/mol. The molecule has 3 nitrogen and oxygen atoms in total. The van der Waals surface area contributed by atoms with Crippen molar-refractivity contribution in [1.82, 2.24) is 10.2 Å². The van der Waals surface area contributed by atoms with Gasteiger partial charge in [-0.15, -0.1) is 0 Å². The molecule has 0 fully saturated rings. The second-order valence-electron chi connectivity index (χ2n) is 3.28. The first-order chi connectivity index (χ1) is 6.75. The molecule has 0 unspecified atom stereocenters. The summed E-state index contributed by atoms with van der Waals surface area (Å²) in [4.78, 5) is 0. The van der Waals surface area contributed by atoms with Crippen LogP contribution in [0.2, 0.25) is 0 Å². The topological polar surface area (TPSA) is 37.9 Å². The molecule has 0 spiro atoms. The molecule has 1 aromatic heterocycles. The van der Waals surface area contributed by atoms with E-state index in [-0.39, 0.29) is 0 Å². The molecular formula is C11H12N2O. The number of nitrogens with one attached hydrogen (secondary N) is 1. The molecule has 0 atom stereocenters.